The molecule has 1 aliphatic carbocycles. The van der Waals surface area contributed by atoms with E-state index in [0.717, 1.165) is 12.8 Å². The monoisotopic (exact) mass is 301 g/mol. The molecule has 1 fully saturated rings. The van der Waals surface area contributed by atoms with Gasteiger partial charge in [0.05, 0.1) is 0 Å². The molecule has 2 atom stereocenters. The van der Waals surface area contributed by atoms with Crippen LogP contribution in [-0.2, 0) is 17.1 Å². The van der Waals surface area contributed by atoms with Crippen molar-refractivity contribution in [2.24, 2.45) is 18.7 Å². The third-order valence-corrected chi connectivity index (χ3v) is 5.20. The minimum atomic E-state index is -3.71. The Morgan fingerprint density at radius 1 is 1.55 bits per heavy atom. The summed E-state index contributed by atoms with van der Waals surface area (Å²) in [5.41, 5.74) is 5.31. The maximum Gasteiger partial charge on any atom is 0.265 e. The number of carbonyl (C=O) groups excluding carboxylic acids is 1. The maximum absolute atomic E-state index is 12.3. The first-order chi connectivity index (χ1) is 9.35. The maximum atomic E-state index is 12.3. The molecule has 0 spiro atoms. The normalized spacial score (nSPS) is 23.1. The molecule has 20 heavy (non-hydrogen) atoms. The third-order valence-electron chi connectivity index (χ3n) is 3.74. The number of aryl methyl sites for hydroxylation is 1. The van der Waals surface area contributed by atoms with Crippen molar-refractivity contribution in [2.45, 2.75) is 30.2 Å². The van der Waals surface area contributed by atoms with Crippen LogP contribution in [0.5, 0.6) is 0 Å². The first kappa shape index (κ1) is 15.0. The van der Waals surface area contributed by atoms with E-state index < -0.39 is 15.9 Å². The lowest BCUT2D eigenvalue weighted by molar-refractivity contribution is 0.0992. The minimum absolute atomic E-state index is 0.0115. The number of nitrogens with zero attached hydrogens (tertiary/aromatic N) is 1. The van der Waals surface area contributed by atoms with E-state index in [1.807, 2.05) is 0 Å². The van der Waals surface area contributed by atoms with Gasteiger partial charge in [0.25, 0.3) is 5.91 Å². The lowest BCUT2D eigenvalue weighted by Gasteiger charge is -2.18. The summed E-state index contributed by atoms with van der Waals surface area (Å²) in [5.74, 6) is -0.729. The Bertz CT molecular complexity index is 608. The second kappa shape index (κ2) is 5.55. The highest BCUT2D eigenvalue weighted by Gasteiger charge is 2.31. The molecular weight excluding hydrogens is 282 g/mol. The second-order valence-corrected chi connectivity index (χ2v) is 6.85. The van der Waals surface area contributed by atoms with Crippen molar-refractivity contribution < 1.29 is 18.3 Å². The molecule has 2 rings (SSSR count). The van der Waals surface area contributed by atoms with Crippen LogP contribution in [0.1, 0.15) is 29.8 Å². The smallest absolute Gasteiger partial charge is 0.265 e. The average molecular weight is 301 g/mol. The molecule has 4 N–H and O–H groups in total. The van der Waals surface area contributed by atoms with Crippen LogP contribution >= 0.6 is 0 Å². The summed E-state index contributed by atoms with van der Waals surface area (Å²) in [5, 5.41) is 9.22. The van der Waals surface area contributed by atoms with Crippen LogP contribution in [0.2, 0.25) is 0 Å². The van der Waals surface area contributed by atoms with Crippen LogP contribution in [0.15, 0.2) is 17.2 Å². The predicted octanol–water partition coefficient (Wildman–Crippen LogP) is -0.437. The van der Waals surface area contributed by atoms with Crippen molar-refractivity contribution in [3.8, 4) is 0 Å². The summed E-state index contributed by atoms with van der Waals surface area (Å²) in [6, 6.07) is 0.996. The van der Waals surface area contributed by atoms with Gasteiger partial charge < -0.3 is 15.4 Å². The third kappa shape index (κ3) is 2.87. The van der Waals surface area contributed by atoms with E-state index in [0.29, 0.717) is 6.42 Å². The van der Waals surface area contributed by atoms with E-state index >= 15 is 0 Å². The van der Waals surface area contributed by atoms with Crippen molar-refractivity contribution in [1.29, 1.82) is 0 Å². The summed E-state index contributed by atoms with van der Waals surface area (Å²) in [6.07, 6.45) is 3.76. The van der Waals surface area contributed by atoms with Crippen LogP contribution in [-0.4, -0.2) is 36.6 Å². The number of hydrogen-bond acceptors (Lipinski definition) is 4. The highest BCUT2D eigenvalue weighted by molar-refractivity contribution is 7.89. The molecule has 1 saturated carbocycles. The minimum Gasteiger partial charge on any atom is -0.396 e. The van der Waals surface area contributed by atoms with Gasteiger partial charge in [0.2, 0.25) is 10.0 Å². The fourth-order valence-corrected chi connectivity index (χ4v) is 4.01. The molecule has 7 nitrogen and oxygen atoms in total. The molecule has 1 aromatic heterocycles. The second-order valence-electron chi connectivity index (χ2n) is 5.14. The molecule has 1 aliphatic rings. The number of nitrogens with one attached hydrogen (secondary N) is 1. The molecule has 0 bridgehead atoms. The molecule has 8 heteroatoms. The van der Waals surface area contributed by atoms with Crippen LogP contribution in [0.4, 0.5) is 0 Å². The van der Waals surface area contributed by atoms with Crippen molar-refractivity contribution in [3.63, 3.8) is 0 Å². The van der Waals surface area contributed by atoms with Crippen molar-refractivity contribution >= 4 is 15.9 Å². The Morgan fingerprint density at radius 3 is 2.80 bits per heavy atom. The van der Waals surface area contributed by atoms with Gasteiger partial charge in [0.1, 0.15) is 10.6 Å². The zero-order valence-corrected chi connectivity index (χ0v) is 12.1. The van der Waals surface area contributed by atoms with Gasteiger partial charge in [-0.2, -0.15) is 0 Å². The summed E-state index contributed by atoms with van der Waals surface area (Å²) in [6.45, 7) is -0.0332. The van der Waals surface area contributed by atoms with Crippen molar-refractivity contribution in [3.05, 3.63) is 18.0 Å². The highest BCUT2D eigenvalue weighted by Crippen LogP contribution is 2.26. The summed E-state index contributed by atoms with van der Waals surface area (Å²) in [7, 11) is -2.15. The molecule has 112 valence electrons. The van der Waals surface area contributed by atoms with E-state index in [1.54, 1.807) is 7.05 Å². The van der Waals surface area contributed by atoms with Crippen LogP contribution in [0.3, 0.4) is 0 Å². The van der Waals surface area contributed by atoms with Crippen LogP contribution in [0, 0.1) is 5.92 Å². The fourth-order valence-electron chi connectivity index (χ4n) is 2.60. The molecule has 1 aromatic rings. The average Bonchev–Trinajstić information content (AvgIpc) is 2.95. The summed E-state index contributed by atoms with van der Waals surface area (Å²) in [4.78, 5) is 11.2. The van der Waals surface area contributed by atoms with E-state index in [1.165, 1.54) is 16.8 Å². The Hall–Kier alpha value is -1.38. The molecular formula is C12H19N3O4S. The number of aliphatic hydroxyl groups is 1. The Morgan fingerprint density at radius 2 is 2.25 bits per heavy atom. The van der Waals surface area contributed by atoms with Crippen molar-refractivity contribution in [2.75, 3.05) is 6.61 Å². The zero-order valence-electron chi connectivity index (χ0n) is 11.2. The number of sulfonamides is 1. The number of rotatable bonds is 5. The number of amides is 1. The molecule has 0 aliphatic heterocycles. The molecule has 0 radical (unpaired) electrons. The SMILES string of the molecule is Cn1cc(S(=O)(=O)NC2CCCC2CO)cc1C(N)=O. The molecule has 0 aromatic carbocycles. The zero-order chi connectivity index (χ0) is 14.9. The van der Waals surface area contributed by atoms with E-state index in [4.69, 9.17) is 5.73 Å². The standard InChI is InChI=1S/C12H19N3O4S/c1-15-6-9(5-11(15)12(13)17)20(18,19)14-10-4-2-3-8(10)7-16/h5-6,8,10,14,16H,2-4,7H2,1H3,(H2,13,17). The number of primary amides is 1. The lowest BCUT2D eigenvalue weighted by atomic mass is 10.1. The van der Waals surface area contributed by atoms with Gasteiger partial charge in [-0.05, 0) is 24.8 Å². The van der Waals surface area contributed by atoms with Gasteiger partial charge in [0.15, 0.2) is 0 Å². The largest absolute Gasteiger partial charge is 0.396 e. The van der Waals surface area contributed by atoms with Gasteiger partial charge in [-0.1, -0.05) is 6.42 Å². The Balaban J connectivity index is 2.22. The summed E-state index contributed by atoms with van der Waals surface area (Å²) >= 11 is 0. The van der Waals surface area contributed by atoms with Crippen LogP contribution < -0.4 is 10.5 Å². The Labute approximate surface area is 117 Å². The first-order valence-electron chi connectivity index (χ1n) is 6.44. The van der Waals surface area contributed by atoms with Gasteiger partial charge in [0, 0.05) is 25.9 Å². The molecule has 1 heterocycles. The van der Waals surface area contributed by atoms with E-state index in [-0.39, 0.29) is 29.2 Å². The van der Waals surface area contributed by atoms with Gasteiger partial charge in [-0.15, -0.1) is 0 Å². The number of carbonyl (C=O) groups is 1. The lowest BCUT2D eigenvalue weighted by Crippen LogP contribution is -2.38. The van der Waals surface area contributed by atoms with Crippen molar-refractivity contribution in [1.82, 2.24) is 9.29 Å². The number of aliphatic hydroxyl groups excluding tert-OH is 1. The number of aromatic nitrogens is 1. The predicted molar refractivity (Wildman–Crippen MR) is 72.5 cm³/mol. The topological polar surface area (TPSA) is 114 Å². The Kier molecular flexibility index (Phi) is 4.17. The number of hydrogen-bond donors (Lipinski definition) is 3. The van der Waals surface area contributed by atoms with E-state index in [9.17, 15) is 18.3 Å². The highest BCUT2D eigenvalue weighted by atomic mass is 32.2. The first-order valence-corrected chi connectivity index (χ1v) is 7.93. The van der Waals surface area contributed by atoms with E-state index in [2.05, 4.69) is 4.72 Å². The van der Waals surface area contributed by atoms with Crippen LogP contribution in [0.25, 0.3) is 0 Å². The van der Waals surface area contributed by atoms with Gasteiger partial charge in [-0.25, -0.2) is 13.1 Å². The summed E-state index contributed by atoms with van der Waals surface area (Å²) < 4.78 is 28.5. The fraction of sp³-hybridized carbons (Fsp3) is 0.583. The molecule has 2 unspecified atom stereocenters. The molecule has 0 saturated heterocycles. The molecule has 1 amide bonds. The van der Waals surface area contributed by atoms with Gasteiger partial charge >= 0.3 is 0 Å². The van der Waals surface area contributed by atoms with Gasteiger partial charge in [-0.3, -0.25) is 4.79 Å². The quantitative estimate of drug-likeness (QED) is 0.684. The number of nitrogens with two attached hydrogens (primary N) is 1.